The molecular weight excluding hydrogens is 326 g/mol. The molecule has 2 N–H and O–H groups in total. The van der Waals surface area contributed by atoms with Crippen LogP contribution in [0.5, 0.6) is 0 Å². The van der Waals surface area contributed by atoms with Crippen molar-refractivity contribution in [2.24, 2.45) is 0 Å². The van der Waals surface area contributed by atoms with Crippen LogP contribution in [0.15, 0.2) is 42.5 Å². The van der Waals surface area contributed by atoms with Crippen LogP contribution >= 0.6 is 12.2 Å². The van der Waals surface area contributed by atoms with Crippen molar-refractivity contribution in [1.29, 1.82) is 0 Å². The number of hydrogen-bond acceptors (Lipinski definition) is 2. The van der Waals surface area contributed by atoms with Crippen molar-refractivity contribution in [3.63, 3.8) is 0 Å². The third-order valence-corrected chi connectivity index (χ3v) is 4.74. The molecule has 4 heteroatoms. The number of aryl methyl sites for hydroxylation is 3. The van der Waals surface area contributed by atoms with Crippen LogP contribution in [0, 0.1) is 13.8 Å². The highest BCUT2D eigenvalue weighted by atomic mass is 32.1. The molecule has 0 aliphatic carbocycles. The lowest BCUT2D eigenvalue weighted by molar-refractivity contribution is 0.299. The maximum atomic E-state index is 5.49. The van der Waals surface area contributed by atoms with Crippen molar-refractivity contribution in [3.8, 4) is 0 Å². The van der Waals surface area contributed by atoms with Gasteiger partial charge in [0, 0.05) is 12.2 Å². The quantitative estimate of drug-likeness (QED) is 0.749. The average molecular weight is 356 g/mol. The van der Waals surface area contributed by atoms with E-state index >= 15 is 0 Å². The molecule has 0 aromatic heterocycles. The summed E-state index contributed by atoms with van der Waals surface area (Å²) in [6.07, 6.45) is 1.06. The Balaban J connectivity index is 2.00. The molecule has 0 spiro atoms. The lowest BCUT2D eigenvalue weighted by Crippen LogP contribution is -2.36. The lowest BCUT2D eigenvalue weighted by Gasteiger charge is -2.26. The smallest absolute Gasteiger partial charge is 0.170 e. The Hall–Kier alpha value is -1.91. The number of hydrogen-bond donors (Lipinski definition) is 2. The van der Waals surface area contributed by atoms with E-state index in [2.05, 4.69) is 92.9 Å². The first kappa shape index (κ1) is 19.4. The summed E-state index contributed by atoms with van der Waals surface area (Å²) in [5.74, 6) is 0. The fourth-order valence-corrected chi connectivity index (χ4v) is 2.99. The minimum Gasteiger partial charge on any atom is -0.361 e. The van der Waals surface area contributed by atoms with E-state index in [9.17, 15) is 0 Å². The zero-order valence-corrected chi connectivity index (χ0v) is 16.7. The Morgan fingerprint density at radius 1 is 1.08 bits per heavy atom. The summed E-state index contributed by atoms with van der Waals surface area (Å²) in [6.45, 7) is 7.11. The van der Waals surface area contributed by atoms with Crippen LogP contribution < -0.4 is 10.6 Å². The van der Waals surface area contributed by atoms with E-state index in [1.807, 2.05) is 0 Å². The molecular formula is C21H29N3S. The predicted molar refractivity (Wildman–Crippen MR) is 112 cm³/mol. The number of anilines is 1. The first-order valence-electron chi connectivity index (χ1n) is 8.78. The van der Waals surface area contributed by atoms with Gasteiger partial charge in [0.05, 0.1) is 6.04 Å². The predicted octanol–water partition coefficient (Wildman–Crippen LogP) is 4.46. The van der Waals surface area contributed by atoms with Gasteiger partial charge in [-0.15, -0.1) is 0 Å². The standard InChI is InChI=1S/C21H29N3S/c1-6-17-9-11-18(12-10-17)20(24(4)5)14-22-21(25)23-19-13-15(2)7-8-16(19)3/h7-13,20H,6,14H2,1-5H3,(H2,22,23,25)/t20-/m0/s1. The van der Waals surface area contributed by atoms with Crippen molar-refractivity contribution < 1.29 is 0 Å². The Morgan fingerprint density at radius 3 is 2.36 bits per heavy atom. The Labute approximate surface area is 157 Å². The summed E-state index contributed by atoms with van der Waals surface area (Å²) in [5, 5.41) is 7.34. The highest BCUT2D eigenvalue weighted by molar-refractivity contribution is 7.80. The van der Waals surface area contributed by atoms with Gasteiger partial charge in [-0.1, -0.05) is 43.3 Å². The molecule has 0 bridgehead atoms. The zero-order chi connectivity index (χ0) is 18.4. The van der Waals surface area contributed by atoms with Gasteiger partial charge in [-0.05, 0) is 74.9 Å². The van der Waals surface area contributed by atoms with E-state index < -0.39 is 0 Å². The van der Waals surface area contributed by atoms with Gasteiger partial charge in [-0.25, -0.2) is 0 Å². The van der Waals surface area contributed by atoms with E-state index in [1.165, 1.54) is 22.3 Å². The van der Waals surface area contributed by atoms with Crippen LogP contribution in [0.1, 0.15) is 35.2 Å². The van der Waals surface area contributed by atoms with E-state index in [0.717, 1.165) is 18.7 Å². The Morgan fingerprint density at radius 2 is 1.76 bits per heavy atom. The second-order valence-corrected chi connectivity index (χ2v) is 7.14. The molecule has 1 atom stereocenters. The summed E-state index contributed by atoms with van der Waals surface area (Å²) in [7, 11) is 4.20. The van der Waals surface area contributed by atoms with Crippen LogP contribution in [0.25, 0.3) is 0 Å². The van der Waals surface area contributed by atoms with E-state index in [4.69, 9.17) is 12.2 Å². The molecule has 0 saturated heterocycles. The number of nitrogens with one attached hydrogen (secondary N) is 2. The van der Waals surface area contributed by atoms with Gasteiger partial charge in [0.2, 0.25) is 0 Å². The molecule has 2 aromatic carbocycles. The van der Waals surface area contributed by atoms with Gasteiger partial charge in [0.15, 0.2) is 5.11 Å². The maximum Gasteiger partial charge on any atom is 0.170 e. The maximum absolute atomic E-state index is 5.49. The van der Waals surface area contributed by atoms with Gasteiger partial charge in [0.25, 0.3) is 0 Å². The number of rotatable bonds is 6. The van der Waals surface area contributed by atoms with Crippen molar-refractivity contribution in [2.75, 3.05) is 26.0 Å². The largest absolute Gasteiger partial charge is 0.361 e. The van der Waals surface area contributed by atoms with Crippen LogP contribution in [-0.4, -0.2) is 30.7 Å². The van der Waals surface area contributed by atoms with Gasteiger partial charge < -0.3 is 15.5 Å². The second kappa shape index (κ2) is 8.97. The van der Waals surface area contributed by atoms with Crippen LogP contribution in [0.2, 0.25) is 0 Å². The van der Waals surface area contributed by atoms with Crippen LogP contribution in [-0.2, 0) is 6.42 Å². The molecule has 2 rings (SSSR count). The van der Waals surface area contributed by atoms with Crippen molar-refractivity contribution in [2.45, 2.75) is 33.2 Å². The summed E-state index contributed by atoms with van der Waals surface area (Å²) in [6, 6.07) is 15.5. The number of thiocarbonyl (C=S) groups is 1. The van der Waals surface area contributed by atoms with Crippen molar-refractivity contribution in [3.05, 3.63) is 64.7 Å². The van der Waals surface area contributed by atoms with E-state index in [-0.39, 0.29) is 6.04 Å². The Kier molecular flexibility index (Phi) is 6.97. The minimum atomic E-state index is 0.268. The van der Waals surface area contributed by atoms with Gasteiger partial charge in [-0.3, -0.25) is 0 Å². The fourth-order valence-electron chi connectivity index (χ4n) is 2.80. The number of nitrogens with zero attached hydrogens (tertiary/aromatic N) is 1. The Bertz CT molecular complexity index is 708. The van der Waals surface area contributed by atoms with E-state index in [0.29, 0.717) is 5.11 Å². The van der Waals surface area contributed by atoms with Crippen LogP contribution in [0.4, 0.5) is 5.69 Å². The number of likely N-dealkylation sites (N-methyl/N-ethyl adjacent to an activating group) is 1. The molecule has 25 heavy (non-hydrogen) atoms. The lowest BCUT2D eigenvalue weighted by atomic mass is 10.0. The molecule has 0 radical (unpaired) electrons. The van der Waals surface area contributed by atoms with Crippen molar-refractivity contribution in [1.82, 2.24) is 10.2 Å². The zero-order valence-electron chi connectivity index (χ0n) is 15.9. The molecule has 0 aliphatic rings. The topological polar surface area (TPSA) is 27.3 Å². The molecule has 0 heterocycles. The summed E-state index contributed by atoms with van der Waals surface area (Å²) < 4.78 is 0. The molecule has 0 amide bonds. The first-order valence-corrected chi connectivity index (χ1v) is 9.19. The molecule has 134 valence electrons. The summed E-state index contributed by atoms with van der Waals surface area (Å²) in [4.78, 5) is 2.22. The third kappa shape index (κ3) is 5.55. The summed E-state index contributed by atoms with van der Waals surface area (Å²) >= 11 is 5.49. The second-order valence-electron chi connectivity index (χ2n) is 6.73. The SMILES string of the molecule is CCc1ccc([C@H](CNC(=S)Nc2cc(C)ccc2C)N(C)C)cc1. The number of benzene rings is 2. The average Bonchev–Trinajstić information content (AvgIpc) is 2.58. The third-order valence-electron chi connectivity index (χ3n) is 4.49. The monoisotopic (exact) mass is 355 g/mol. The molecule has 2 aromatic rings. The highest BCUT2D eigenvalue weighted by Gasteiger charge is 2.14. The molecule has 0 saturated carbocycles. The first-order chi connectivity index (χ1) is 11.9. The highest BCUT2D eigenvalue weighted by Crippen LogP contribution is 2.19. The van der Waals surface area contributed by atoms with Gasteiger partial charge >= 0.3 is 0 Å². The molecule has 0 unspecified atom stereocenters. The normalized spacial score (nSPS) is 12.1. The van der Waals surface area contributed by atoms with Crippen LogP contribution in [0.3, 0.4) is 0 Å². The molecule has 3 nitrogen and oxygen atoms in total. The van der Waals surface area contributed by atoms with E-state index in [1.54, 1.807) is 0 Å². The molecule has 0 aliphatic heterocycles. The molecule has 0 fully saturated rings. The minimum absolute atomic E-state index is 0.268. The van der Waals surface area contributed by atoms with Gasteiger partial charge in [-0.2, -0.15) is 0 Å². The van der Waals surface area contributed by atoms with Crippen molar-refractivity contribution >= 4 is 23.0 Å². The van der Waals surface area contributed by atoms with Gasteiger partial charge in [0.1, 0.15) is 0 Å². The summed E-state index contributed by atoms with van der Waals surface area (Å²) in [5.41, 5.74) is 6.13. The fraction of sp³-hybridized carbons (Fsp3) is 0.381.